The van der Waals surface area contributed by atoms with Gasteiger partial charge in [0.15, 0.2) is 5.29 Å². The third-order valence-electron chi connectivity index (χ3n) is 2.07. The van der Waals surface area contributed by atoms with E-state index in [4.69, 9.17) is 23.2 Å². The van der Waals surface area contributed by atoms with Crippen molar-refractivity contribution in [2.75, 3.05) is 13.1 Å². The van der Waals surface area contributed by atoms with E-state index in [1.807, 2.05) is 30.9 Å². The van der Waals surface area contributed by atoms with Gasteiger partial charge in [-0.05, 0) is 49.7 Å². The summed E-state index contributed by atoms with van der Waals surface area (Å²) >= 11 is 11.8. The van der Waals surface area contributed by atoms with Crippen LogP contribution < -0.4 is 0 Å². The summed E-state index contributed by atoms with van der Waals surface area (Å²) in [6.07, 6.45) is 0. The molecule has 1 aromatic carbocycles. The van der Waals surface area contributed by atoms with Crippen LogP contribution in [0.4, 0.5) is 5.69 Å². The van der Waals surface area contributed by atoms with Gasteiger partial charge in [-0.3, -0.25) is 0 Å². The van der Waals surface area contributed by atoms with Crippen LogP contribution in [0.5, 0.6) is 0 Å². The van der Waals surface area contributed by atoms with Crippen LogP contribution in [-0.2, 0) is 0 Å². The minimum atomic E-state index is 0.516. The first-order valence-corrected chi connectivity index (χ1v) is 5.67. The second kappa shape index (κ2) is 5.99. The van der Waals surface area contributed by atoms with E-state index in [0.717, 1.165) is 18.8 Å². The lowest BCUT2D eigenvalue weighted by Crippen LogP contribution is -2.26. The Hall–Kier alpha value is -0.730. The molecule has 0 atom stereocenters. The van der Waals surface area contributed by atoms with E-state index < -0.39 is 0 Å². The quantitative estimate of drug-likeness (QED) is 0.448. The van der Waals surface area contributed by atoms with Gasteiger partial charge in [-0.1, -0.05) is 11.6 Å². The normalized spacial score (nSPS) is 11.6. The molecule has 1 rings (SSSR count). The molecule has 0 aliphatic rings. The van der Waals surface area contributed by atoms with E-state index in [2.05, 4.69) is 4.99 Å². The number of hydrogen-bond acceptors (Lipinski definition) is 1. The zero-order chi connectivity index (χ0) is 11.3. The molecule has 15 heavy (non-hydrogen) atoms. The molecule has 0 N–H and O–H groups in total. The molecule has 82 valence electrons. The zero-order valence-corrected chi connectivity index (χ0v) is 10.4. The van der Waals surface area contributed by atoms with Crippen LogP contribution >= 0.6 is 23.2 Å². The van der Waals surface area contributed by atoms with Crippen LogP contribution in [0.3, 0.4) is 0 Å². The number of aliphatic imine (C=N–C) groups is 1. The van der Waals surface area contributed by atoms with Crippen LogP contribution in [0, 0.1) is 0 Å². The molecule has 0 saturated carbocycles. The number of hydrogen-bond donors (Lipinski definition) is 0. The Morgan fingerprint density at radius 2 is 1.73 bits per heavy atom. The van der Waals surface area contributed by atoms with E-state index in [0.29, 0.717) is 10.3 Å². The van der Waals surface area contributed by atoms with Gasteiger partial charge >= 0.3 is 0 Å². The first-order chi connectivity index (χ1) is 7.17. The molecule has 0 radical (unpaired) electrons. The fraction of sp³-hybridized carbons (Fsp3) is 0.364. The topological polar surface area (TPSA) is 15.6 Å². The molecule has 0 heterocycles. The first kappa shape index (κ1) is 12.3. The third kappa shape index (κ3) is 3.73. The number of halogens is 2. The summed E-state index contributed by atoms with van der Waals surface area (Å²) in [6.45, 7) is 5.80. The van der Waals surface area contributed by atoms with Gasteiger partial charge < -0.3 is 4.90 Å². The Kier molecular flexibility index (Phi) is 4.92. The lowest BCUT2D eigenvalue weighted by atomic mass is 10.3. The number of benzene rings is 1. The van der Waals surface area contributed by atoms with Crippen molar-refractivity contribution in [3.05, 3.63) is 29.3 Å². The molecule has 0 bridgehead atoms. The summed E-state index contributed by atoms with van der Waals surface area (Å²) in [5.41, 5.74) is 0.816. The summed E-state index contributed by atoms with van der Waals surface area (Å²) < 4.78 is 0. The highest BCUT2D eigenvalue weighted by molar-refractivity contribution is 6.64. The van der Waals surface area contributed by atoms with Crippen molar-refractivity contribution in [3.8, 4) is 0 Å². The molecule has 0 aliphatic heterocycles. The molecular weight excluding hydrogens is 231 g/mol. The maximum absolute atomic E-state index is 6.06. The SMILES string of the molecule is CCN(CC)C(Cl)=Nc1ccc(Cl)cc1. The zero-order valence-electron chi connectivity index (χ0n) is 8.87. The fourth-order valence-electron chi connectivity index (χ4n) is 1.18. The molecule has 1 aromatic rings. The van der Waals surface area contributed by atoms with E-state index >= 15 is 0 Å². The van der Waals surface area contributed by atoms with Gasteiger partial charge in [-0.25, -0.2) is 4.99 Å². The van der Waals surface area contributed by atoms with Gasteiger partial charge in [0.05, 0.1) is 5.69 Å². The van der Waals surface area contributed by atoms with Crippen molar-refractivity contribution in [3.63, 3.8) is 0 Å². The van der Waals surface area contributed by atoms with Gasteiger partial charge in [-0.15, -0.1) is 0 Å². The highest BCUT2D eigenvalue weighted by Crippen LogP contribution is 2.17. The average molecular weight is 245 g/mol. The minimum Gasteiger partial charge on any atom is -0.348 e. The molecular formula is C11H14Cl2N2. The second-order valence-corrected chi connectivity index (χ2v) is 3.80. The highest BCUT2D eigenvalue weighted by atomic mass is 35.5. The number of nitrogens with zero attached hydrogens (tertiary/aromatic N) is 2. The van der Waals surface area contributed by atoms with Gasteiger partial charge in [0.1, 0.15) is 0 Å². The molecule has 4 heteroatoms. The Balaban J connectivity index is 2.81. The third-order valence-corrected chi connectivity index (χ3v) is 2.65. The van der Waals surface area contributed by atoms with E-state index in [-0.39, 0.29) is 0 Å². The van der Waals surface area contributed by atoms with E-state index in [9.17, 15) is 0 Å². The monoisotopic (exact) mass is 244 g/mol. The second-order valence-electron chi connectivity index (χ2n) is 3.03. The molecule has 0 amide bonds. The Morgan fingerprint density at radius 3 is 2.20 bits per heavy atom. The largest absolute Gasteiger partial charge is 0.348 e. The molecule has 0 aliphatic carbocycles. The Morgan fingerprint density at radius 1 is 1.20 bits per heavy atom. The summed E-state index contributed by atoms with van der Waals surface area (Å²) in [4.78, 5) is 6.27. The molecule has 0 aromatic heterocycles. The summed E-state index contributed by atoms with van der Waals surface area (Å²) in [5.74, 6) is 0. The molecule has 0 fully saturated rings. The van der Waals surface area contributed by atoms with Gasteiger partial charge in [0, 0.05) is 18.1 Å². The average Bonchev–Trinajstić information content (AvgIpc) is 2.23. The maximum Gasteiger partial charge on any atom is 0.199 e. The predicted octanol–water partition coefficient (Wildman–Crippen LogP) is 3.91. The fourth-order valence-corrected chi connectivity index (χ4v) is 1.64. The van der Waals surface area contributed by atoms with Gasteiger partial charge in [-0.2, -0.15) is 0 Å². The smallest absolute Gasteiger partial charge is 0.199 e. The lowest BCUT2D eigenvalue weighted by molar-refractivity contribution is 0.474. The molecule has 2 nitrogen and oxygen atoms in total. The van der Waals surface area contributed by atoms with Crippen LogP contribution in [0.25, 0.3) is 0 Å². The summed E-state index contributed by atoms with van der Waals surface area (Å²) in [5, 5.41) is 1.22. The van der Waals surface area contributed by atoms with Crippen LogP contribution in [0.15, 0.2) is 29.3 Å². The minimum absolute atomic E-state index is 0.516. The highest BCUT2D eigenvalue weighted by Gasteiger charge is 2.03. The van der Waals surface area contributed by atoms with Crippen molar-refractivity contribution in [1.82, 2.24) is 4.90 Å². The van der Waals surface area contributed by atoms with E-state index in [1.54, 1.807) is 12.1 Å². The Bertz CT molecular complexity index is 329. The Labute approximate surface area is 101 Å². The summed E-state index contributed by atoms with van der Waals surface area (Å²) in [6, 6.07) is 7.28. The molecule has 0 spiro atoms. The van der Waals surface area contributed by atoms with Crippen LogP contribution in [0.1, 0.15) is 13.8 Å². The molecule has 0 unspecified atom stereocenters. The number of rotatable bonds is 3. The molecule has 0 saturated heterocycles. The van der Waals surface area contributed by atoms with E-state index in [1.165, 1.54) is 0 Å². The van der Waals surface area contributed by atoms with Crippen molar-refractivity contribution < 1.29 is 0 Å². The standard InChI is InChI=1S/C11H14Cl2N2/c1-3-15(4-2)11(13)14-10-7-5-9(12)6-8-10/h5-8H,3-4H2,1-2H3. The van der Waals surface area contributed by atoms with Gasteiger partial charge in [0.2, 0.25) is 0 Å². The van der Waals surface area contributed by atoms with Gasteiger partial charge in [0.25, 0.3) is 0 Å². The lowest BCUT2D eigenvalue weighted by Gasteiger charge is -2.17. The predicted molar refractivity (Wildman–Crippen MR) is 67.3 cm³/mol. The first-order valence-electron chi connectivity index (χ1n) is 4.92. The van der Waals surface area contributed by atoms with Crippen molar-refractivity contribution in [2.24, 2.45) is 4.99 Å². The number of amidine groups is 1. The maximum atomic E-state index is 6.06. The van der Waals surface area contributed by atoms with Crippen molar-refractivity contribution in [2.45, 2.75) is 13.8 Å². The van der Waals surface area contributed by atoms with Crippen molar-refractivity contribution in [1.29, 1.82) is 0 Å². The van der Waals surface area contributed by atoms with Crippen LogP contribution in [0.2, 0.25) is 5.02 Å². The van der Waals surface area contributed by atoms with Crippen molar-refractivity contribution >= 4 is 34.2 Å². The summed E-state index contributed by atoms with van der Waals surface area (Å²) in [7, 11) is 0. The van der Waals surface area contributed by atoms with Crippen LogP contribution in [-0.4, -0.2) is 23.3 Å².